The molecule has 0 saturated carbocycles. The molecule has 0 aliphatic rings. The van der Waals surface area contributed by atoms with E-state index in [-0.39, 0.29) is 0 Å². The van der Waals surface area contributed by atoms with Gasteiger partial charge in [0.1, 0.15) is 0 Å². The van der Waals surface area contributed by atoms with Crippen molar-refractivity contribution in [3.8, 4) is 0 Å². The number of hydrogen-bond acceptors (Lipinski definition) is 1. The second-order valence-electron chi connectivity index (χ2n) is 2.00. The van der Waals surface area contributed by atoms with Crippen LogP contribution >= 0.6 is 0 Å². The standard InChI is InChI=1S/C8H7N3/c1-7(10-11-9)8-5-3-2-4-6-8/h2-6H,1H2. The van der Waals surface area contributed by atoms with Gasteiger partial charge in [0.25, 0.3) is 0 Å². The van der Waals surface area contributed by atoms with E-state index in [1.54, 1.807) is 0 Å². The summed E-state index contributed by atoms with van der Waals surface area (Å²) < 4.78 is 0. The van der Waals surface area contributed by atoms with Gasteiger partial charge in [0.05, 0.1) is 0 Å². The van der Waals surface area contributed by atoms with Gasteiger partial charge in [0.2, 0.25) is 0 Å². The molecule has 3 heteroatoms. The molecule has 0 spiro atoms. The lowest BCUT2D eigenvalue weighted by molar-refractivity contribution is 1.48. The highest BCUT2D eigenvalue weighted by molar-refractivity contribution is 5.61. The van der Waals surface area contributed by atoms with Crippen molar-refractivity contribution in [3.05, 3.63) is 52.9 Å². The van der Waals surface area contributed by atoms with Gasteiger partial charge < -0.3 is 0 Å². The minimum absolute atomic E-state index is 0.452. The zero-order valence-electron chi connectivity index (χ0n) is 5.94. The number of nitrogens with zero attached hydrogens (tertiary/aromatic N) is 3. The molecule has 1 aromatic rings. The zero-order valence-corrected chi connectivity index (χ0v) is 5.94. The molecule has 11 heavy (non-hydrogen) atoms. The summed E-state index contributed by atoms with van der Waals surface area (Å²) in [4.78, 5) is 2.64. The second kappa shape index (κ2) is 3.44. The minimum atomic E-state index is 0.452. The monoisotopic (exact) mass is 145 g/mol. The van der Waals surface area contributed by atoms with Gasteiger partial charge >= 0.3 is 0 Å². The highest BCUT2D eigenvalue weighted by Crippen LogP contribution is 2.11. The maximum atomic E-state index is 8.10. The van der Waals surface area contributed by atoms with Crippen LogP contribution in [0.15, 0.2) is 42.0 Å². The maximum Gasteiger partial charge on any atom is 0.0375 e. The molecule has 3 nitrogen and oxygen atoms in total. The molecule has 0 amide bonds. The van der Waals surface area contributed by atoms with Crippen LogP contribution in [-0.2, 0) is 0 Å². The van der Waals surface area contributed by atoms with Crippen LogP contribution in [0, 0.1) is 0 Å². The van der Waals surface area contributed by atoms with Crippen LogP contribution in [0.4, 0.5) is 0 Å². The summed E-state index contributed by atoms with van der Waals surface area (Å²) in [6, 6.07) is 9.32. The first-order valence-corrected chi connectivity index (χ1v) is 3.14. The van der Waals surface area contributed by atoms with Crippen LogP contribution in [-0.4, -0.2) is 0 Å². The Morgan fingerprint density at radius 2 is 2.00 bits per heavy atom. The normalized spacial score (nSPS) is 8.36. The van der Waals surface area contributed by atoms with E-state index in [9.17, 15) is 0 Å². The molecule has 1 aromatic carbocycles. The average Bonchev–Trinajstić information content (AvgIpc) is 2.07. The van der Waals surface area contributed by atoms with Crippen LogP contribution in [0.2, 0.25) is 0 Å². The smallest absolute Gasteiger partial charge is 0.0375 e. The Bertz CT molecular complexity index is 296. The summed E-state index contributed by atoms with van der Waals surface area (Å²) in [5, 5.41) is 3.38. The molecule has 0 N–H and O–H groups in total. The van der Waals surface area contributed by atoms with Crippen molar-refractivity contribution in [3.63, 3.8) is 0 Å². The maximum absolute atomic E-state index is 8.10. The van der Waals surface area contributed by atoms with Crippen LogP contribution < -0.4 is 0 Å². The first-order chi connectivity index (χ1) is 5.34. The van der Waals surface area contributed by atoms with Crippen molar-refractivity contribution in [2.24, 2.45) is 5.11 Å². The predicted molar refractivity (Wildman–Crippen MR) is 44.6 cm³/mol. The summed E-state index contributed by atoms with van der Waals surface area (Å²) >= 11 is 0. The number of hydrogen-bond donors (Lipinski definition) is 0. The second-order valence-corrected chi connectivity index (χ2v) is 2.00. The first-order valence-electron chi connectivity index (χ1n) is 3.14. The van der Waals surface area contributed by atoms with Gasteiger partial charge in [-0.15, -0.1) is 0 Å². The Morgan fingerprint density at radius 3 is 2.55 bits per heavy atom. The Labute approximate surface area is 64.6 Å². The molecule has 54 valence electrons. The van der Waals surface area contributed by atoms with Crippen LogP contribution in [0.25, 0.3) is 16.1 Å². The topological polar surface area (TPSA) is 48.8 Å². The quantitative estimate of drug-likeness (QED) is 0.349. The minimum Gasteiger partial charge on any atom is -0.0889 e. The first kappa shape index (κ1) is 7.38. The Hall–Kier alpha value is -1.73. The molecule has 0 unspecified atom stereocenters. The van der Waals surface area contributed by atoms with Crippen LogP contribution in [0.5, 0.6) is 0 Å². The van der Waals surface area contributed by atoms with Crippen LogP contribution in [0.1, 0.15) is 5.56 Å². The summed E-state index contributed by atoms with van der Waals surface area (Å²) in [7, 11) is 0. The van der Waals surface area contributed by atoms with Crippen molar-refractivity contribution in [1.29, 1.82) is 0 Å². The number of rotatable bonds is 2. The molecule has 0 aliphatic heterocycles. The largest absolute Gasteiger partial charge is 0.0889 e. The van der Waals surface area contributed by atoms with Crippen molar-refractivity contribution in [1.82, 2.24) is 0 Å². The van der Waals surface area contributed by atoms with Gasteiger partial charge in [-0.05, 0) is 11.1 Å². The fourth-order valence-corrected chi connectivity index (χ4v) is 0.742. The molecule has 0 radical (unpaired) electrons. The summed E-state index contributed by atoms with van der Waals surface area (Å²) in [6.45, 7) is 3.59. The fraction of sp³-hybridized carbons (Fsp3) is 0. The van der Waals surface area contributed by atoms with Gasteiger partial charge in [0, 0.05) is 10.6 Å². The zero-order chi connectivity index (χ0) is 8.10. The third kappa shape index (κ3) is 1.85. The van der Waals surface area contributed by atoms with E-state index in [4.69, 9.17) is 5.53 Å². The molecule has 0 aromatic heterocycles. The van der Waals surface area contributed by atoms with E-state index in [1.807, 2.05) is 30.3 Å². The van der Waals surface area contributed by atoms with Gasteiger partial charge in [-0.3, -0.25) is 0 Å². The van der Waals surface area contributed by atoms with Crippen molar-refractivity contribution >= 4 is 5.70 Å². The van der Waals surface area contributed by atoms with Crippen LogP contribution in [0.3, 0.4) is 0 Å². The lowest BCUT2D eigenvalue weighted by atomic mass is 10.2. The Morgan fingerprint density at radius 1 is 1.36 bits per heavy atom. The third-order valence-corrected chi connectivity index (χ3v) is 1.27. The fourth-order valence-electron chi connectivity index (χ4n) is 0.742. The van der Waals surface area contributed by atoms with Gasteiger partial charge in [-0.2, -0.15) is 0 Å². The predicted octanol–water partition coefficient (Wildman–Crippen LogP) is 2.97. The van der Waals surface area contributed by atoms with Gasteiger partial charge in [-0.1, -0.05) is 42.0 Å². The Balaban J connectivity index is 2.94. The van der Waals surface area contributed by atoms with Crippen molar-refractivity contribution < 1.29 is 0 Å². The van der Waals surface area contributed by atoms with E-state index >= 15 is 0 Å². The molecular formula is C8H7N3. The summed E-state index contributed by atoms with van der Waals surface area (Å²) in [5.41, 5.74) is 9.40. The highest BCUT2D eigenvalue weighted by Gasteiger charge is 1.91. The third-order valence-electron chi connectivity index (χ3n) is 1.27. The van der Waals surface area contributed by atoms with E-state index in [2.05, 4.69) is 16.6 Å². The average molecular weight is 145 g/mol. The molecular weight excluding hydrogens is 138 g/mol. The number of azide groups is 1. The van der Waals surface area contributed by atoms with Crippen molar-refractivity contribution in [2.75, 3.05) is 0 Å². The van der Waals surface area contributed by atoms with E-state index < -0.39 is 0 Å². The van der Waals surface area contributed by atoms with E-state index in [0.717, 1.165) is 5.56 Å². The van der Waals surface area contributed by atoms with Crippen molar-refractivity contribution in [2.45, 2.75) is 0 Å². The molecule has 0 aliphatic carbocycles. The molecule has 0 fully saturated rings. The molecule has 0 heterocycles. The highest BCUT2D eigenvalue weighted by atomic mass is 15.1. The Kier molecular flexibility index (Phi) is 2.31. The SMILES string of the molecule is C=C(N=[N+]=[N-])c1ccccc1. The molecule has 0 saturated heterocycles. The molecule has 0 bridgehead atoms. The number of benzene rings is 1. The summed E-state index contributed by atoms with van der Waals surface area (Å²) in [5.74, 6) is 0. The lowest BCUT2D eigenvalue weighted by Gasteiger charge is -1.94. The molecule has 1 rings (SSSR count). The van der Waals surface area contributed by atoms with Gasteiger partial charge in [0.15, 0.2) is 0 Å². The van der Waals surface area contributed by atoms with Gasteiger partial charge in [-0.25, -0.2) is 0 Å². The summed E-state index contributed by atoms with van der Waals surface area (Å²) in [6.07, 6.45) is 0. The molecule has 0 atom stereocenters. The van der Waals surface area contributed by atoms with E-state index in [1.165, 1.54) is 0 Å². The van der Waals surface area contributed by atoms with E-state index in [0.29, 0.717) is 5.70 Å². The lowest BCUT2D eigenvalue weighted by Crippen LogP contribution is -1.74.